The van der Waals surface area contributed by atoms with Gasteiger partial charge in [0.05, 0.1) is 6.10 Å². The molecule has 0 spiro atoms. The van der Waals surface area contributed by atoms with Crippen molar-refractivity contribution in [1.29, 1.82) is 0 Å². The van der Waals surface area contributed by atoms with Gasteiger partial charge in [-0.25, -0.2) is 4.79 Å². The van der Waals surface area contributed by atoms with Gasteiger partial charge in [-0.2, -0.15) is 0 Å². The number of unbranched alkanes of at least 4 members (excludes halogenated alkanes) is 1. The molecule has 0 atom stereocenters. The van der Waals surface area contributed by atoms with E-state index in [2.05, 4.69) is 19.2 Å². The fourth-order valence-electron chi connectivity index (χ4n) is 0.928. The number of hydrogen-bond donors (Lipinski definition) is 1. The second-order valence-electron chi connectivity index (χ2n) is 4.09. The van der Waals surface area contributed by atoms with E-state index in [1.807, 2.05) is 0 Å². The number of benzene rings is 1. The SMILES string of the molecule is CC(C)OC(=O)Nc1cccc(Cl)c1.CCCC. The van der Waals surface area contributed by atoms with Crippen LogP contribution in [-0.2, 0) is 4.74 Å². The van der Waals surface area contributed by atoms with Crippen LogP contribution in [-0.4, -0.2) is 12.2 Å². The van der Waals surface area contributed by atoms with E-state index >= 15 is 0 Å². The molecule has 0 heterocycles. The minimum absolute atomic E-state index is 0.130. The van der Waals surface area contributed by atoms with Crippen molar-refractivity contribution in [1.82, 2.24) is 0 Å². The van der Waals surface area contributed by atoms with Gasteiger partial charge in [-0.3, -0.25) is 5.32 Å². The summed E-state index contributed by atoms with van der Waals surface area (Å²) in [6.45, 7) is 7.94. The highest BCUT2D eigenvalue weighted by atomic mass is 35.5. The van der Waals surface area contributed by atoms with E-state index in [9.17, 15) is 4.79 Å². The number of nitrogens with one attached hydrogen (secondary N) is 1. The van der Waals surface area contributed by atoms with Gasteiger partial charge in [0.2, 0.25) is 0 Å². The molecular formula is C14H22ClNO2. The molecular weight excluding hydrogens is 250 g/mol. The molecule has 18 heavy (non-hydrogen) atoms. The summed E-state index contributed by atoms with van der Waals surface area (Å²) in [7, 11) is 0. The second-order valence-corrected chi connectivity index (χ2v) is 4.53. The Hall–Kier alpha value is -1.22. The van der Waals surface area contributed by atoms with Crippen LogP contribution in [0.3, 0.4) is 0 Å². The Bertz CT molecular complexity index is 351. The van der Waals surface area contributed by atoms with Crippen molar-refractivity contribution in [2.45, 2.75) is 46.6 Å². The first-order valence-corrected chi connectivity index (χ1v) is 6.60. The largest absolute Gasteiger partial charge is 0.447 e. The Balaban J connectivity index is 0.000000631. The van der Waals surface area contributed by atoms with E-state index in [4.69, 9.17) is 16.3 Å². The number of anilines is 1. The summed E-state index contributed by atoms with van der Waals surface area (Å²) in [5.74, 6) is 0. The van der Waals surface area contributed by atoms with Crippen molar-refractivity contribution in [3.8, 4) is 0 Å². The number of carbonyl (C=O) groups is 1. The third-order valence-electron chi connectivity index (χ3n) is 1.91. The normalized spacial score (nSPS) is 9.44. The van der Waals surface area contributed by atoms with Crippen molar-refractivity contribution < 1.29 is 9.53 Å². The number of rotatable bonds is 3. The topological polar surface area (TPSA) is 38.3 Å². The molecule has 0 radical (unpaired) electrons. The number of amides is 1. The molecule has 0 saturated heterocycles. The zero-order chi connectivity index (χ0) is 14.0. The minimum Gasteiger partial charge on any atom is -0.447 e. The van der Waals surface area contributed by atoms with Crippen LogP contribution in [0.25, 0.3) is 0 Å². The number of carbonyl (C=O) groups excluding carboxylic acids is 1. The fraction of sp³-hybridized carbons (Fsp3) is 0.500. The zero-order valence-electron chi connectivity index (χ0n) is 11.5. The van der Waals surface area contributed by atoms with Crippen LogP contribution >= 0.6 is 11.6 Å². The standard InChI is InChI=1S/C10H12ClNO2.C4H10/c1-7(2)14-10(13)12-9-5-3-4-8(11)6-9;1-3-4-2/h3-7H,1-2H3,(H,12,13);3-4H2,1-2H3. The van der Waals surface area contributed by atoms with Crippen molar-refractivity contribution in [2.24, 2.45) is 0 Å². The van der Waals surface area contributed by atoms with Gasteiger partial charge in [0.15, 0.2) is 0 Å². The average Bonchev–Trinajstić information content (AvgIpc) is 2.28. The first-order chi connectivity index (χ1) is 8.49. The van der Waals surface area contributed by atoms with Gasteiger partial charge in [0.25, 0.3) is 0 Å². The van der Waals surface area contributed by atoms with Crippen molar-refractivity contribution in [2.75, 3.05) is 5.32 Å². The Morgan fingerprint density at radius 3 is 2.39 bits per heavy atom. The summed E-state index contributed by atoms with van der Waals surface area (Å²) in [5.41, 5.74) is 0.628. The number of halogens is 1. The first-order valence-electron chi connectivity index (χ1n) is 6.22. The fourth-order valence-corrected chi connectivity index (χ4v) is 1.12. The van der Waals surface area contributed by atoms with Crippen LogP contribution < -0.4 is 5.32 Å². The van der Waals surface area contributed by atoms with Crippen molar-refractivity contribution in [3.05, 3.63) is 29.3 Å². The van der Waals surface area contributed by atoms with Gasteiger partial charge in [0.1, 0.15) is 0 Å². The lowest BCUT2D eigenvalue weighted by Gasteiger charge is -2.09. The zero-order valence-corrected chi connectivity index (χ0v) is 12.3. The summed E-state index contributed by atoms with van der Waals surface area (Å²) < 4.78 is 4.90. The van der Waals surface area contributed by atoms with Crippen molar-refractivity contribution in [3.63, 3.8) is 0 Å². The third kappa shape index (κ3) is 8.88. The van der Waals surface area contributed by atoms with Crippen LogP contribution in [0.1, 0.15) is 40.5 Å². The summed E-state index contributed by atoms with van der Waals surface area (Å²) >= 11 is 5.74. The maximum atomic E-state index is 11.2. The predicted octanol–water partition coefficient (Wildman–Crippen LogP) is 5.10. The molecule has 3 nitrogen and oxygen atoms in total. The molecule has 0 fully saturated rings. The highest BCUT2D eigenvalue weighted by Crippen LogP contribution is 2.15. The lowest BCUT2D eigenvalue weighted by molar-refractivity contribution is 0.130. The molecule has 1 aromatic carbocycles. The van der Waals surface area contributed by atoms with Gasteiger partial charge < -0.3 is 4.74 Å². The molecule has 0 saturated carbocycles. The summed E-state index contributed by atoms with van der Waals surface area (Å²) in [4.78, 5) is 11.2. The van der Waals surface area contributed by atoms with Crippen LogP contribution in [0.5, 0.6) is 0 Å². The maximum absolute atomic E-state index is 11.2. The Morgan fingerprint density at radius 1 is 1.33 bits per heavy atom. The Labute approximate surface area is 114 Å². The van der Waals surface area contributed by atoms with Crippen LogP contribution in [0.4, 0.5) is 10.5 Å². The molecule has 0 bridgehead atoms. The van der Waals surface area contributed by atoms with Crippen LogP contribution in [0, 0.1) is 0 Å². The van der Waals surface area contributed by atoms with Gasteiger partial charge in [-0.05, 0) is 32.0 Å². The molecule has 1 N–H and O–H groups in total. The predicted molar refractivity (Wildman–Crippen MR) is 77.3 cm³/mol. The molecule has 1 amide bonds. The van der Waals surface area contributed by atoms with E-state index in [-0.39, 0.29) is 6.10 Å². The van der Waals surface area contributed by atoms with E-state index in [0.29, 0.717) is 10.7 Å². The third-order valence-corrected chi connectivity index (χ3v) is 2.15. The van der Waals surface area contributed by atoms with E-state index in [0.717, 1.165) is 0 Å². The lowest BCUT2D eigenvalue weighted by atomic mass is 10.3. The summed E-state index contributed by atoms with van der Waals surface area (Å²) in [6.07, 6.45) is 2.04. The first kappa shape index (κ1) is 16.8. The highest BCUT2D eigenvalue weighted by molar-refractivity contribution is 6.30. The van der Waals surface area contributed by atoms with Gasteiger partial charge in [-0.15, -0.1) is 0 Å². The lowest BCUT2D eigenvalue weighted by Crippen LogP contribution is -2.17. The Morgan fingerprint density at radius 2 is 1.94 bits per heavy atom. The molecule has 0 aliphatic rings. The van der Waals surface area contributed by atoms with E-state index < -0.39 is 6.09 Å². The van der Waals surface area contributed by atoms with E-state index in [1.165, 1.54) is 12.8 Å². The van der Waals surface area contributed by atoms with Crippen LogP contribution in [0.15, 0.2) is 24.3 Å². The summed E-state index contributed by atoms with van der Waals surface area (Å²) in [5, 5.41) is 3.14. The molecule has 1 rings (SSSR count). The quantitative estimate of drug-likeness (QED) is 0.830. The molecule has 0 aliphatic carbocycles. The van der Waals surface area contributed by atoms with E-state index in [1.54, 1.807) is 38.1 Å². The van der Waals surface area contributed by atoms with Gasteiger partial charge in [0, 0.05) is 10.7 Å². The van der Waals surface area contributed by atoms with Crippen LogP contribution in [0.2, 0.25) is 5.02 Å². The molecule has 4 heteroatoms. The van der Waals surface area contributed by atoms with Crippen molar-refractivity contribution >= 4 is 23.4 Å². The van der Waals surface area contributed by atoms with Gasteiger partial charge >= 0.3 is 6.09 Å². The molecule has 1 aromatic rings. The average molecular weight is 272 g/mol. The second kappa shape index (κ2) is 9.77. The smallest absolute Gasteiger partial charge is 0.411 e. The minimum atomic E-state index is -0.470. The number of hydrogen-bond acceptors (Lipinski definition) is 2. The number of ether oxygens (including phenoxy) is 1. The van der Waals surface area contributed by atoms with Gasteiger partial charge in [-0.1, -0.05) is 44.4 Å². The summed E-state index contributed by atoms with van der Waals surface area (Å²) in [6, 6.07) is 6.89. The molecule has 0 aliphatic heterocycles. The molecule has 0 aromatic heterocycles. The Kier molecular flexibility index (Phi) is 9.11. The monoisotopic (exact) mass is 271 g/mol. The molecule has 0 unspecified atom stereocenters. The highest BCUT2D eigenvalue weighted by Gasteiger charge is 2.04. The maximum Gasteiger partial charge on any atom is 0.411 e. The molecule has 102 valence electrons.